The molecule has 0 unspecified atom stereocenters. The van der Waals surface area contributed by atoms with Crippen molar-refractivity contribution in [2.75, 3.05) is 5.32 Å². The van der Waals surface area contributed by atoms with E-state index in [2.05, 4.69) is 41.6 Å². The van der Waals surface area contributed by atoms with Gasteiger partial charge in [-0.25, -0.2) is 4.98 Å². The van der Waals surface area contributed by atoms with E-state index >= 15 is 0 Å². The normalized spacial score (nSPS) is 10.8. The first-order valence-corrected chi connectivity index (χ1v) is 6.16. The number of H-pyrrole nitrogens is 1. The summed E-state index contributed by atoms with van der Waals surface area (Å²) >= 11 is 3.23. The Hall–Kier alpha value is -2.22. The molecule has 0 aliphatic heterocycles. The number of aromatic nitrogens is 4. The second-order valence-corrected chi connectivity index (χ2v) is 4.75. The van der Waals surface area contributed by atoms with Crippen molar-refractivity contribution in [2.45, 2.75) is 6.92 Å². The summed E-state index contributed by atoms with van der Waals surface area (Å²) in [6.07, 6.45) is 3.02. The number of rotatable bonds is 2. The molecular weight excluding hydrogens is 314 g/mol. The van der Waals surface area contributed by atoms with E-state index in [1.54, 1.807) is 6.07 Å². The molecule has 0 aromatic carbocycles. The van der Waals surface area contributed by atoms with Gasteiger partial charge in [-0.05, 0) is 28.9 Å². The molecule has 0 spiro atoms. The lowest BCUT2D eigenvalue weighted by Crippen LogP contribution is -2.13. The van der Waals surface area contributed by atoms with Gasteiger partial charge in [-0.2, -0.15) is 5.10 Å². The first kappa shape index (κ1) is 11.8. The Balaban J connectivity index is 1.91. The molecule has 3 aromatic heterocycles. The maximum atomic E-state index is 12.0. The van der Waals surface area contributed by atoms with E-state index in [0.717, 1.165) is 11.1 Å². The van der Waals surface area contributed by atoms with Crippen LogP contribution in [0.4, 0.5) is 5.69 Å². The smallest absolute Gasteiger partial charge is 0.274 e. The number of fused-ring (bicyclic) bond motifs is 1. The van der Waals surface area contributed by atoms with Gasteiger partial charge in [-0.15, -0.1) is 0 Å². The third-order valence-corrected chi connectivity index (χ3v) is 3.19. The van der Waals surface area contributed by atoms with Crippen LogP contribution >= 0.6 is 15.9 Å². The maximum Gasteiger partial charge on any atom is 0.274 e. The van der Waals surface area contributed by atoms with Gasteiger partial charge in [0, 0.05) is 0 Å². The Morgan fingerprint density at radius 3 is 3.05 bits per heavy atom. The molecule has 2 N–H and O–H groups in total. The molecule has 1 amide bonds. The summed E-state index contributed by atoms with van der Waals surface area (Å²) in [6, 6.07) is 1.76. The number of halogens is 1. The number of aryl methyl sites for hydroxylation is 1. The zero-order valence-corrected chi connectivity index (χ0v) is 11.4. The molecule has 3 heterocycles. The minimum absolute atomic E-state index is 0.306. The Morgan fingerprint density at radius 1 is 1.47 bits per heavy atom. The van der Waals surface area contributed by atoms with Crippen molar-refractivity contribution in [1.82, 2.24) is 20.3 Å². The molecule has 3 rings (SSSR count). The number of nitrogens with zero attached hydrogens (tertiary/aromatic N) is 3. The number of carbonyl (C=O) groups excluding carboxylic acids is 1. The zero-order valence-electron chi connectivity index (χ0n) is 9.77. The summed E-state index contributed by atoms with van der Waals surface area (Å²) < 4.78 is 5.60. The first-order chi connectivity index (χ1) is 9.15. The summed E-state index contributed by atoms with van der Waals surface area (Å²) in [4.78, 5) is 16.1. The average molecular weight is 322 g/mol. The molecule has 7 nitrogen and oxygen atoms in total. The fraction of sp³-hybridized carbons (Fsp3) is 0.0909. The van der Waals surface area contributed by atoms with Crippen molar-refractivity contribution >= 4 is 38.6 Å². The van der Waals surface area contributed by atoms with Gasteiger partial charge in [0.05, 0.1) is 33.6 Å². The molecular formula is C11H8BrN5O2. The highest BCUT2D eigenvalue weighted by Gasteiger charge is 2.13. The molecule has 0 fully saturated rings. The molecule has 0 atom stereocenters. The van der Waals surface area contributed by atoms with Crippen molar-refractivity contribution in [3.63, 3.8) is 0 Å². The fourth-order valence-corrected chi connectivity index (χ4v) is 2.01. The van der Waals surface area contributed by atoms with Crippen LogP contribution in [0.2, 0.25) is 0 Å². The van der Waals surface area contributed by atoms with Crippen LogP contribution in [-0.4, -0.2) is 26.2 Å². The van der Waals surface area contributed by atoms with Gasteiger partial charge in [-0.3, -0.25) is 9.89 Å². The SMILES string of the molecule is Cc1noc2ncc(NC(=O)c3[nH]ncc3Br)cc12. The molecule has 3 aromatic rings. The van der Waals surface area contributed by atoms with Crippen molar-refractivity contribution in [2.24, 2.45) is 0 Å². The summed E-state index contributed by atoms with van der Waals surface area (Å²) in [5.41, 5.74) is 2.08. The van der Waals surface area contributed by atoms with Gasteiger partial charge in [0.15, 0.2) is 0 Å². The molecule has 0 saturated heterocycles. The van der Waals surface area contributed by atoms with E-state index in [1.807, 2.05) is 6.92 Å². The Morgan fingerprint density at radius 2 is 2.32 bits per heavy atom. The van der Waals surface area contributed by atoms with Gasteiger partial charge < -0.3 is 9.84 Å². The highest BCUT2D eigenvalue weighted by Crippen LogP contribution is 2.20. The van der Waals surface area contributed by atoms with Crippen molar-refractivity contribution in [3.05, 3.63) is 34.3 Å². The highest BCUT2D eigenvalue weighted by molar-refractivity contribution is 9.10. The summed E-state index contributed by atoms with van der Waals surface area (Å²) in [5.74, 6) is -0.306. The van der Waals surface area contributed by atoms with Crippen molar-refractivity contribution in [3.8, 4) is 0 Å². The van der Waals surface area contributed by atoms with Gasteiger partial charge in [0.1, 0.15) is 5.69 Å². The highest BCUT2D eigenvalue weighted by atomic mass is 79.9. The molecule has 96 valence electrons. The summed E-state index contributed by atoms with van der Waals surface area (Å²) in [6.45, 7) is 1.81. The largest absolute Gasteiger partial charge is 0.336 e. The monoisotopic (exact) mass is 321 g/mol. The van der Waals surface area contributed by atoms with Gasteiger partial charge in [-0.1, -0.05) is 5.16 Å². The van der Waals surface area contributed by atoms with E-state index in [-0.39, 0.29) is 5.91 Å². The number of nitrogens with one attached hydrogen (secondary N) is 2. The number of pyridine rings is 1. The molecule has 0 saturated carbocycles. The van der Waals surface area contributed by atoms with E-state index in [0.29, 0.717) is 21.6 Å². The van der Waals surface area contributed by atoms with Crippen LogP contribution in [0, 0.1) is 6.92 Å². The number of hydrogen-bond acceptors (Lipinski definition) is 5. The topological polar surface area (TPSA) is 96.7 Å². The Bertz CT molecular complexity index is 763. The van der Waals surface area contributed by atoms with Crippen molar-refractivity contribution < 1.29 is 9.32 Å². The quantitative estimate of drug-likeness (QED) is 0.754. The molecule has 0 bridgehead atoms. The Kier molecular flexibility index (Phi) is 2.79. The fourth-order valence-electron chi connectivity index (χ4n) is 1.64. The minimum Gasteiger partial charge on any atom is -0.336 e. The predicted octanol–water partition coefficient (Wildman–Crippen LogP) is 2.27. The summed E-state index contributed by atoms with van der Waals surface area (Å²) in [7, 11) is 0. The third-order valence-electron chi connectivity index (χ3n) is 2.59. The van der Waals surface area contributed by atoms with E-state index in [9.17, 15) is 4.79 Å². The van der Waals surface area contributed by atoms with E-state index in [4.69, 9.17) is 4.52 Å². The maximum absolute atomic E-state index is 12.0. The second-order valence-electron chi connectivity index (χ2n) is 3.89. The van der Waals surface area contributed by atoms with Crippen LogP contribution in [0.1, 0.15) is 16.2 Å². The second kappa shape index (κ2) is 4.47. The van der Waals surface area contributed by atoms with Crippen LogP contribution in [0.15, 0.2) is 27.5 Å². The average Bonchev–Trinajstić information content (AvgIpc) is 2.97. The number of anilines is 1. The molecule has 0 aliphatic carbocycles. The number of aromatic amines is 1. The van der Waals surface area contributed by atoms with Crippen LogP contribution in [0.3, 0.4) is 0 Å². The van der Waals surface area contributed by atoms with E-state index in [1.165, 1.54) is 12.4 Å². The van der Waals surface area contributed by atoms with Gasteiger partial charge in [0.2, 0.25) is 0 Å². The van der Waals surface area contributed by atoms with Gasteiger partial charge >= 0.3 is 0 Å². The van der Waals surface area contributed by atoms with Crippen LogP contribution in [-0.2, 0) is 0 Å². The van der Waals surface area contributed by atoms with Crippen LogP contribution in [0.5, 0.6) is 0 Å². The van der Waals surface area contributed by atoms with Crippen LogP contribution < -0.4 is 5.32 Å². The lowest BCUT2D eigenvalue weighted by atomic mass is 10.2. The molecule has 19 heavy (non-hydrogen) atoms. The Labute approximate surface area is 115 Å². The molecule has 0 aliphatic rings. The number of hydrogen-bond donors (Lipinski definition) is 2. The minimum atomic E-state index is -0.306. The lowest BCUT2D eigenvalue weighted by Gasteiger charge is -2.03. The predicted molar refractivity (Wildman–Crippen MR) is 70.8 cm³/mol. The van der Waals surface area contributed by atoms with Crippen molar-refractivity contribution in [1.29, 1.82) is 0 Å². The van der Waals surface area contributed by atoms with Crippen LogP contribution in [0.25, 0.3) is 11.1 Å². The first-order valence-electron chi connectivity index (χ1n) is 5.37. The third kappa shape index (κ3) is 2.10. The number of amides is 1. The summed E-state index contributed by atoms with van der Waals surface area (Å²) in [5, 5.41) is 13.7. The lowest BCUT2D eigenvalue weighted by molar-refractivity contribution is 0.102. The molecule has 0 radical (unpaired) electrons. The van der Waals surface area contributed by atoms with Gasteiger partial charge in [0.25, 0.3) is 11.6 Å². The standard InChI is InChI=1S/C11H8BrN5O2/c1-5-7-2-6(3-13-11(7)19-17-5)15-10(18)9-8(12)4-14-16-9/h2-4H,1H3,(H,14,16)(H,15,18). The zero-order chi connectivity index (χ0) is 13.4. The molecule has 8 heteroatoms. The van der Waals surface area contributed by atoms with E-state index < -0.39 is 0 Å². The number of carbonyl (C=O) groups is 1.